The van der Waals surface area contributed by atoms with Gasteiger partial charge in [0.2, 0.25) is 0 Å². The van der Waals surface area contributed by atoms with E-state index in [9.17, 15) is 78.0 Å². The first kappa shape index (κ1) is 79.2. The number of nitrogens with zero attached hydrogens (tertiary/aromatic N) is 2. The van der Waals surface area contributed by atoms with Crippen LogP contribution in [0, 0.1) is 0 Å². The van der Waals surface area contributed by atoms with Gasteiger partial charge < -0.3 is 51.7 Å². The molecule has 24 nitrogen and oxygen atoms in total. The summed E-state index contributed by atoms with van der Waals surface area (Å²) in [5, 5.41) is 49.1. The van der Waals surface area contributed by atoms with Crippen molar-refractivity contribution in [3.8, 4) is 44.5 Å². The van der Waals surface area contributed by atoms with Gasteiger partial charge in [-0.3, -0.25) is 67.5 Å². The number of amides is 4. The molecule has 24 heteroatoms. The number of benzene rings is 8. The number of aromatic amines is 2. The van der Waals surface area contributed by atoms with E-state index < -0.39 is 132 Å². The molecule has 6 atom stereocenters. The zero-order chi connectivity index (χ0) is 82.2. The number of fused-ring (bicyclic) bond motifs is 6. The molecule has 4 amide bonds. The highest BCUT2D eigenvalue weighted by atomic mass is 16.4. The molecule has 0 fully saturated rings. The third kappa shape index (κ3) is 18.2. The third-order valence-corrected chi connectivity index (χ3v) is 20.4. The van der Waals surface area contributed by atoms with Gasteiger partial charge >= 0.3 is 23.9 Å². The number of rotatable bonds is 28. The molecule has 3 aliphatic rings. The fourth-order valence-electron chi connectivity index (χ4n) is 14.2. The van der Waals surface area contributed by atoms with Crippen molar-refractivity contribution in [3.05, 3.63) is 315 Å². The molecule has 2 unspecified atom stereocenters. The van der Waals surface area contributed by atoms with E-state index in [0.717, 1.165) is 83.5 Å². The Hall–Kier alpha value is -14.9. The van der Waals surface area contributed by atoms with Crippen LogP contribution in [-0.2, 0) is 38.4 Å². The normalized spacial score (nSPS) is 16.6. The van der Waals surface area contributed by atoms with Crippen molar-refractivity contribution in [3.63, 3.8) is 0 Å². The summed E-state index contributed by atoms with van der Waals surface area (Å²) >= 11 is 0. The Bertz CT molecular complexity index is 5930. The maximum Gasteiger partial charge on any atom is 0.305 e. The van der Waals surface area contributed by atoms with Gasteiger partial charge in [0.15, 0.2) is 23.1 Å². The van der Waals surface area contributed by atoms with Crippen molar-refractivity contribution in [1.29, 1.82) is 0 Å². The lowest BCUT2D eigenvalue weighted by Gasteiger charge is -2.21. The smallest absolute Gasteiger partial charge is 0.305 e. The number of ketones is 4. The molecule has 10 aromatic rings. The van der Waals surface area contributed by atoms with E-state index in [1.807, 2.05) is 140 Å². The number of hydrogen-bond donors (Lipinski definition) is 10. The molecule has 10 N–H and O–H groups in total. The van der Waals surface area contributed by atoms with Crippen LogP contribution in [-0.4, -0.2) is 143 Å². The fourth-order valence-corrected chi connectivity index (χ4v) is 14.2. The summed E-state index contributed by atoms with van der Waals surface area (Å²) < 4.78 is 0. The molecule has 580 valence electrons. The predicted molar refractivity (Wildman–Crippen MR) is 435 cm³/mol. The second kappa shape index (κ2) is 34.4. The monoisotopic (exact) mass is 1550 g/mol. The summed E-state index contributed by atoms with van der Waals surface area (Å²) in [7, 11) is 0. The van der Waals surface area contributed by atoms with Crippen molar-refractivity contribution < 1.29 is 78.0 Å². The van der Waals surface area contributed by atoms with Gasteiger partial charge in [-0.25, -0.2) is 0 Å². The van der Waals surface area contributed by atoms with Crippen LogP contribution in [0.3, 0.4) is 0 Å². The van der Waals surface area contributed by atoms with E-state index in [0.29, 0.717) is 39.2 Å². The van der Waals surface area contributed by atoms with Crippen LogP contribution >= 0.6 is 0 Å². The minimum absolute atomic E-state index is 0.229. The minimum Gasteiger partial charge on any atom is -0.481 e. The number of aliphatic carboxylic acids is 4. The first-order chi connectivity index (χ1) is 55.7. The Morgan fingerprint density at radius 2 is 0.612 bits per heavy atom. The number of allylic oxidation sites excluding steroid dienone is 3. The third-order valence-electron chi connectivity index (χ3n) is 20.4. The molecule has 3 aliphatic heterocycles. The number of carboxylic acid groups (broad SMARTS) is 4. The summed E-state index contributed by atoms with van der Waals surface area (Å²) in [5.41, 5.74) is 16.0. The molecule has 0 radical (unpaired) electrons. The van der Waals surface area contributed by atoms with Gasteiger partial charge in [0.1, 0.15) is 0 Å². The van der Waals surface area contributed by atoms with Crippen LogP contribution in [0.1, 0.15) is 134 Å². The second-order valence-electron chi connectivity index (χ2n) is 28.4. The number of carbonyl (C=O) groups excluding carboxylic acids is 8. The van der Waals surface area contributed by atoms with E-state index in [4.69, 9.17) is 9.98 Å². The number of aromatic nitrogens is 2. The van der Waals surface area contributed by atoms with E-state index in [-0.39, 0.29) is 22.3 Å². The van der Waals surface area contributed by atoms with E-state index in [1.54, 1.807) is 97.1 Å². The number of H-pyrrole nitrogens is 2. The Labute approximate surface area is 663 Å². The summed E-state index contributed by atoms with van der Waals surface area (Å²) in [6.45, 7) is 4.88. The molecule has 0 saturated heterocycles. The second-order valence-corrected chi connectivity index (χ2v) is 28.4. The molecule has 8 aromatic carbocycles. The van der Waals surface area contributed by atoms with Gasteiger partial charge in [-0.1, -0.05) is 152 Å². The fraction of sp³-hybridized carbons (Fsp3) is 0.152. The van der Waals surface area contributed by atoms with Gasteiger partial charge in [0, 0.05) is 61.1 Å². The average molecular weight is 1550 g/mol. The maximum atomic E-state index is 13.3. The molecule has 13 rings (SSSR count). The molecule has 0 saturated carbocycles. The molecule has 5 heterocycles. The van der Waals surface area contributed by atoms with Gasteiger partial charge in [-0.2, -0.15) is 0 Å². The van der Waals surface area contributed by atoms with Crippen molar-refractivity contribution in [2.75, 3.05) is 0 Å². The van der Waals surface area contributed by atoms with Gasteiger partial charge in [0.05, 0.1) is 78.9 Å². The largest absolute Gasteiger partial charge is 0.481 e. The van der Waals surface area contributed by atoms with Crippen molar-refractivity contribution in [2.45, 2.75) is 89.5 Å². The Kier molecular flexibility index (Phi) is 23.4. The lowest BCUT2D eigenvalue weighted by molar-refractivity contribution is -0.139. The zero-order valence-electron chi connectivity index (χ0n) is 63.0. The standard InChI is InChI=1S/C92H76N8O16/c1-49(101)77(45-81(105)106)97-89(113)65-29-13-57(14-30-65)53-5-21-61(22-6-53)85-69-37-39-71(93-69)86(62-23-7-54(8-24-62)58-15-31-66(32-16-58)90(114)98-78(50(2)102)46-82(107)108)73-41-43-75(95-73)88(64-27-11-56(12-28-64)60-19-35-68(36-20-60)92(116)100-80(52(4)104)48-84(111)112)76-44-42-74(96-76)87(72-40-38-70(85)94-72)63-25-9-55(10-26-63)59-17-33-67(34-18-59)91(115)99-79(51(3)103)47-83(109)110/h5-44,69,77-80,85,95-96H,45-48H2,1-4H3,(H,97,113)(H,98,114)(H,99,115)(H,100,116)(H,105,106)(H,107,108)(H,109,110)(H,111,112)/b86-73-,87-72-,88-75-/t69?,77-,78-,79-,80-,85?/m0/s1. The summed E-state index contributed by atoms with van der Waals surface area (Å²) in [6, 6.07) is 61.3. The zero-order valence-corrected chi connectivity index (χ0v) is 63.0. The number of carboxylic acids is 4. The van der Waals surface area contributed by atoms with Crippen LogP contribution < -0.4 is 32.0 Å². The first-order valence-electron chi connectivity index (χ1n) is 37.0. The predicted octanol–water partition coefficient (Wildman–Crippen LogP) is 11.1. The highest BCUT2D eigenvalue weighted by Crippen LogP contribution is 2.39. The number of aliphatic imine (C=N–C) groups is 2. The average Bonchev–Trinajstić information content (AvgIpc) is 1.61. The molecular formula is C92H76N8O16. The Morgan fingerprint density at radius 1 is 0.328 bits per heavy atom. The Balaban J connectivity index is 0.929. The molecule has 116 heavy (non-hydrogen) atoms. The van der Waals surface area contributed by atoms with Gasteiger partial charge in [-0.15, -0.1) is 0 Å². The number of hydrogen-bond acceptors (Lipinski definition) is 14. The number of carbonyl (C=O) groups is 12. The van der Waals surface area contributed by atoms with Crippen molar-refractivity contribution in [2.24, 2.45) is 9.98 Å². The molecule has 8 bridgehead atoms. The van der Waals surface area contributed by atoms with Crippen LogP contribution in [0.15, 0.2) is 258 Å². The molecule has 0 spiro atoms. The molecule has 0 aliphatic carbocycles. The quantitative estimate of drug-likeness (QED) is 0.0218. The molecular weight excluding hydrogens is 1470 g/mol. The van der Waals surface area contributed by atoms with Crippen molar-refractivity contribution in [1.82, 2.24) is 31.2 Å². The highest BCUT2D eigenvalue weighted by molar-refractivity contribution is 6.30. The van der Waals surface area contributed by atoms with Crippen molar-refractivity contribution >= 4 is 98.8 Å². The van der Waals surface area contributed by atoms with Crippen LogP contribution in [0.5, 0.6) is 0 Å². The lowest BCUT2D eigenvalue weighted by Crippen LogP contribution is -2.41. The summed E-state index contributed by atoms with van der Waals surface area (Å²) in [5.74, 6) is -9.80. The van der Waals surface area contributed by atoms with Crippen LogP contribution in [0.2, 0.25) is 0 Å². The number of Topliss-reactive ketones (excluding diaryl/α,β-unsaturated/α-hetero) is 4. The SMILES string of the molecule is CC(=O)[C@H](CC(=O)O)NC(=O)c1ccc(-c2ccc(/C3=C4\C=CC(=N4)C(c4ccc(-c5ccc(C(=O)N[C@@H](CC(=O)O)C(C)=O)cc5)cc4)C4C=CC(=N4)/C(c4ccc(-c5ccc(C(=O)N[C@@H](CC(=O)O)C(C)=O)cc5)cc4)=c4/cc/c([nH]4)=C(\c4ccc(-c5ccc(C(=O)N[C@@H](CC(=O)O)C(C)=O)cc5)cc4)c4ccc3[nH]4)cc2)cc1. The summed E-state index contributed by atoms with van der Waals surface area (Å²) in [4.78, 5) is 167. The van der Waals surface area contributed by atoms with E-state index >= 15 is 0 Å². The Morgan fingerprint density at radius 3 is 0.940 bits per heavy atom. The first-order valence-corrected chi connectivity index (χ1v) is 37.0. The summed E-state index contributed by atoms with van der Waals surface area (Å²) in [6.07, 6.45) is 5.78. The maximum absolute atomic E-state index is 13.3. The van der Waals surface area contributed by atoms with E-state index in [1.165, 1.54) is 27.7 Å². The molecule has 2 aromatic heterocycles. The van der Waals surface area contributed by atoms with Crippen LogP contribution in [0.4, 0.5) is 0 Å². The van der Waals surface area contributed by atoms with Gasteiger partial charge in [-0.05, 0) is 185 Å². The minimum atomic E-state index is -1.23. The topological polar surface area (TPSA) is 390 Å². The van der Waals surface area contributed by atoms with E-state index in [2.05, 4.69) is 37.3 Å². The lowest BCUT2D eigenvalue weighted by atomic mass is 9.86. The van der Waals surface area contributed by atoms with Crippen LogP contribution in [0.25, 0.3) is 61.2 Å². The highest BCUT2D eigenvalue weighted by Gasteiger charge is 2.33. The number of nitrogens with one attached hydrogen (secondary N) is 6. The van der Waals surface area contributed by atoms with Gasteiger partial charge in [0.25, 0.3) is 23.6 Å².